The lowest BCUT2D eigenvalue weighted by Crippen LogP contribution is -2.11. The molecule has 0 amide bonds. The van der Waals surface area contributed by atoms with Gasteiger partial charge in [0, 0.05) is 6.07 Å². The van der Waals surface area contributed by atoms with Gasteiger partial charge in [-0.15, -0.1) is 0 Å². The molecule has 1 fully saturated rings. The van der Waals surface area contributed by atoms with Crippen LogP contribution in [0.25, 0.3) is 0 Å². The van der Waals surface area contributed by atoms with Gasteiger partial charge in [-0.25, -0.2) is 0 Å². The molecule has 0 aliphatic heterocycles. The van der Waals surface area contributed by atoms with E-state index in [1.54, 1.807) is 25.3 Å². The molecular formula is C13H15NO2. The van der Waals surface area contributed by atoms with E-state index in [0.29, 0.717) is 11.3 Å². The number of hydrogen-bond acceptors (Lipinski definition) is 3. The molecule has 0 atom stereocenters. The molecule has 0 saturated heterocycles. The lowest BCUT2D eigenvalue weighted by atomic mass is 10.2. The third kappa shape index (κ3) is 2.27. The first-order chi connectivity index (χ1) is 7.83. The van der Waals surface area contributed by atoms with E-state index in [0.717, 1.165) is 18.6 Å². The zero-order valence-electron chi connectivity index (χ0n) is 9.40. The van der Waals surface area contributed by atoms with Gasteiger partial charge in [0.2, 0.25) is 0 Å². The van der Waals surface area contributed by atoms with Crippen molar-refractivity contribution in [3.63, 3.8) is 0 Å². The second-order valence-electron chi connectivity index (χ2n) is 4.00. The van der Waals surface area contributed by atoms with E-state index in [1.165, 1.54) is 12.8 Å². The van der Waals surface area contributed by atoms with Gasteiger partial charge in [0.25, 0.3) is 0 Å². The van der Waals surface area contributed by atoms with Crippen molar-refractivity contribution in [2.24, 2.45) is 0 Å². The lowest BCUT2D eigenvalue weighted by molar-refractivity contribution is 0.208. The van der Waals surface area contributed by atoms with Gasteiger partial charge in [-0.05, 0) is 37.8 Å². The van der Waals surface area contributed by atoms with Gasteiger partial charge in [0.05, 0.1) is 18.8 Å². The average molecular weight is 217 g/mol. The molecule has 0 radical (unpaired) electrons. The quantitative estimate of drug-likeness (QED) is 0.781. The number of rotatable bonds is 3. The van der Waals surface area contributed by atoms with Crippen molar-refractivity contribution >= 4 is 0 Å². The number of ether oxygens (including phenoxy) is 2. The first-order valence-electron chi connectivity index (χ1n) is 5.58. The predicted octanol–water partition coefficient (Wildman–Crippen LogP) is 2.89. The van der Waals surface area contributed by atoms with Crippen LogP contribution in [-0.2, 0) is 0 Å². The van der Waals surface area contributed by atoms with Gasteiger partial charge in [-0.2, -0.15) is 5.26 Å². The Morgan fingerprint density at radius 1 is 1.31 bits per heavy atom. The number of nitrogens with zero attached hydrogens (tertiary/aromatic N) is 1. The minimum absolute atomic E-state index is 0.263. The SMILES string of the molecule is COc1ccc(C#N)c(OC2CCCC2)c1. The fourth-order valence-corrected chi connectivity index (χ4v) is 2.01. The Morgan fingerprint density at radius 3 is 2.69 bits per heavy atom. The topological polar surface area (TPSA) is 42.2 Å². The van der Waals surface area contributed by atoms with Crippen molar-refractivity contribution in [1.82, 2.24) is 0 Å². The summed E-state index contributed by atoms with van der Waals surface area (Å²) < 4.78 is 11.0. The zero-order chi connectivity index (χ0) is 11.4. The monoisotopic (exact) mass is 217 g/mol. The van der Waals surface area contributed by atoms with Crippen molar-refractivity contribution < 1.29 is 9.47 Å². The van der Waals surface area contributed by atoms with Gasteiger partial charge in [0.1, 0.15) is 17.6 Å². The van der Waals surface area contributed by atoms with Crippen LogP contribution in [0.2, 0.25) is 0 Å². The summed E-state index contributed by atoms with van der Waals surface area (Å²) in [7, 11) is 1.61. The molecule has 3 nitrogen and oxygen atoms in total. The van der Waals surface area contributed by atoms with Crippen molar-refractivity contribution in [2.45, 2.75) is 31.8 Å². The van der Waals surface area contributed by atoms with Crippen molar-refractivity contribution in [1.29, 1.82) is 5.26 Å². The Morgan fingerprint density at radius 2 is 2.06 bits per heavy atom. The summed E-state index contributed by atoms with van der Waals surface area (Å²) in [6.45, 7) is 0. The zero-order valence-corrected chi connectivity index (χ0v) is 9.40. The van der Waals surface area contributed by atoms with E-state index in [-0.39, 0.29) is 6.10 Å². The molecule has 3 heteroatoms. The molecule has 1 aliphatic carbocycles. The van der Waals surface area contributed by atoms with E-state index >= 15 is 0 Å². The number of hydrogen-bond donors (Lipinski definition) is 0. The number of nitriles is 1. The normalized spacial score (nSPS) is 15.8. The smallest absolute Gasteiger partial charge is 0.141 e. The number of benzene rings is 1. The highest BCUT2D eigenvalue weighted by atomic mass is 16.5. The third-order valence-corrected chi connectivity index (χ3v) is 2.91. The second-order valence-corrected chi connectivity index (χ2v) is 4.00. The van der Waals surface area contributed by atoms with E-state index < -0.39 is 0 Å². The minimum Gasteiger partial charge on any atom is -0.497 e. The molecule has 0 unspecified atom stereocenters. The van der Waals surface area contributed by atoms with Crippen LogP contribution < -0.4 is 9.47 Å². The van der Waals surface area contributed by atoms with E-state index in [4.69, 9.17) is 14.7 Å². The second kappa shape index (κ2) is 4.89. The molecule has 2 rings (SSSR count). The lowest BCUT2D eigenvalue weighted by Gasteiger charge is -2.14. The summed E-state index contributed by atoms with van der Waals surface area (Å²) in [6.07, 6.45) is 4.87. The van der Waals surface area contributed by atoms with E-state index in [1.807, 2.05) is 0 Å². The molecule has 1 aromatic rings. The highest BCUT2D eigenvalue weighted by Crippen LogP contribution is 2.29. The van der Waals surface area contributed by atoms with E-state index in [9.17, 15) is 0 Å². The summed E-state index contributed by atoms with van der Waals surface area (Å²) in [4.78, 5) is 0. The molecule has 0 heterocycles. The van der Waals surface area contributed by atoms with Crippen LogP contribution in [0.15, 0.2) is 18.2 Å². The van der Waals surface area contributed by atoms with Gasteiger partial charge in [-0.1, -0.05) is 0 Å². The molecular weight excluding hydrogens is 202 g/mol. The fraction of sp³-hybridized carbons (Fsp3) is 0.462. The first-order valence-corrected chi connectivity index (χ1v) is 5.58. The fourth-order valence-electron chi connectivity index (χ4n) is 2.01. The van der Waals surface area contributed by atoms with Gasteiger partial charge in [-0.3, -0.25) is 0 Å². The highest BCUT2D eigenvalue weighted by molar-refractivity contribution is 5.47. The molecule has 1 aromatic carbocycles. The summed E-state index contributed by atoms with van der Waals surface area (Å²) in [5.74, 6) is 1.38. The molecule has 1 aliphatic rings. The van der Waals surface area contributed by atoms with Crippen LogP contribution in [0, 0.1) is 11.3 Å². The van der Waals surface area contributed by atoms with Crippen molar-refractivity contribution in [3.05, 3.63) is 23.8 Å². The van der Waals surface area contributed by atoms with Crippen LogP contribution in [0.5, 0.6) is 11.5 Å². The predicted molar refractivity (Wildman–Crippen MR) is 60.6 cm³/mol. The van der Waals surface area contributed by atoms with Crippen molar-refractivity contribution in [2.75, 3.05) is 7.11 Å². The molecule has 1 saturated carbocycles. The summed E-state index contributed by atoms with van der Waals surface area (Å²) in [5, 5.41) is 8.99. The number of methoxy groups -OCH3 is 1. The Bertz CT molecular complexity index is 403. The van der Waals surface area contributed by atoms with E-state index in [2.05, 4.69) is 6.07 Å². The molecule has 84 valence electrons. The van der Waals surface area contributed by atoms with Crippen LogP contribution in [0.4, 0.5) is 0 Å². The maximum absolute atomic E-state index is 8.99. The molecule has 16 heavy (non-hydrogen) atoms. The summed E-state index contributed by atoms with van der Waals surface area (Å²) in [6, 6.07) is 7.45. The Balaban J connectivity index is 2.19. The minimum atomic E-state index is 0.263. The molecule has 0 spiro atoms. The van der Waals surface area contributed by atoms with Gasteiger partial charge in [0.15, 0.2) is 0 Å². The third-order valence-electron chi connectivity index (χ3n) is 2.91. The Labute approximate surface area is 95.6 Å². The molecule has 0 aromatic heterocycles. The average Bonchev–Trinajstić information content (AvgIpc) is 2.82. The molecule has 0 bridgehead atoms. The standard InChI is InChI=1S/C13H15NO2/c1-15-12-7-6-10(9-14)13(8-12)16-11-4-2-3-5-11/h6-8,11H,2-5H2,1H3. The largest absolute Gasteiger partial charge is 0.497 e. The Kier molecular flexibility index (Phi) is 3.31. The molecule has 0 N–H and O–H groups in total. The van der Waals surface area contributed by atoms with Gasteiger partial charge < -0.3 is 9.47 Å². The van der Waals surface area contributed by atoms with Gasteiger partial charge >= 0.3 is 0 Å². The summed E-state index contributed by atoms with van der Waals surface area (Å²) >= 11 is 0. The van der Waals surface area contributed by atoms with Crippen LogP contribution in [-0.4, -0.2) is 13.2 Å². The van der Waals surface area contributed by atoms with Crippen LogP contribution >= 0.6 is 0 Å². The van der Waals surface area contributed by atoms with Crippen LogP contribution in [0.3, 0.4) is 0 Å². The van der Waals surface area contributed by atoms with Crippen molar-refractivity contribution in [3.8, 4) is 17.6 Å². The maximum Gasteiger partial charge on any atom is 0.141 e. The van der Waals surface area contributed by atoms with Crippen LogP contribution in [0.1, 0.15) is 31.2 Å². The first kappa shape index (κ1) is 10.8. The maximum atomic E-state index is 8.99. The highest BCUT2D eigenvalue weighted by Gasteiger charge is 2.18. The summed E-state index contributed by atoms with van der Waals surface area (Å²) in [5.41, 5.74) is 0.577. The Hall–Kier alpha value is -1.69.